The summed E-state index contributed by atoms with van der Waals surface area (Å²) in [7, 11) is 0. The van der Waals surface area contributed by atoms with Crippen molar-refractivity contribution in [2.24, 2.45) is 17.3 Å². The zero-order valence-corrected chi connectivity index (χ0v) is 25.4. The molecule has 0 radical (unpaired) electrons. The van der Waals surface area contributed by atoms with Gasteiger partial charge in [-0.2, -0.15) is 0 Å². The third-order valence-electron chi connectivity index (χ3n) is 9.33. The molecule has 2 saturated heterocycles. The Morgan fingerprint density at radius 3 is 2.46 bits per heavy atom. The molecule has 2 heterocycles. The second-order valence-electron chi connectivity index (χ2n) is 13.0. The second-order valence-corrected chi connectivity index (χ2v) is 13.0. The Balaban J connectivity index is 1.66. The van der Waals surface area contributed by atoms with E-state index in [1.165, 1.54) is 0 Å². The molecule has 7 nitrogen and oxygen atoms in total. The quantitative estimate of drug-likeness (QED) is 0.207. The van der Waals surface area contributed by atoms with Crippen molar-refractivity contribution in [3.63, 3.8) is 0 Å². The van der Waals surface area contributed by atoms with Gasteiger partial charge in [-0.15, -0.1) is 0 Å². The molecule has 2 aliphatic heterocycles. The van der Waals surface area contributed by atoms with Crippen LogP contribution in [0.15, 0.2) is 23.9 Å². The summed E-state index contributed by atoms with van der Waals surface area (Å²) in [6.45, 7) is 17.4. The summed E-state index contributed by atoms with van der Waals surface area (Å²) in [6.07, 6.45) is 8.08. The largest absolute Gasteiger partial charge is 0.392 e. The van der Waals surface area contributed by atoms with Crippen molar-refractivity contribution in [2.75, 3.05) is 6.61 Å². The molecule has 1 saturated carbocycles. The smallest absolute Gasteiger partial charge is 0.154 e. The molecule has 3 rings (SSSR count). The lowest BCUT2D eigenvalue weighted by Gasteiger charge is -2.39. The molecule has 1 aliphatic carbocycles. The Morgan fingerprint density at radius 1 is 1.15 bits per heavy atom. The van der Waals surface area contributed by atoms with Crippen LogP contribution in [0.25, 0.3) is 0 Å². The standard InChI is InChI=1S/C32H57NO6/c1-8-11-25(31(36)27-18-20(3)21(4)22(5)38-27)33-30(23-14-15-23)26(37-9-2)16-17-32(6,7)28(34)19-24-12-10-13-29(35)39-24/h11,21-24,26-31,33-36H,3,8-10,12-19H2,1-2,4-7H3/b25-11+. The van der Waals surface area contributed by atoms with Crippen LogP contribution in [0, 0.1) is 17.3 Å². The first-order valence-corrected chi connectivity index (χ1v) is 15.6. The molecule has 0 amide bonds. The highest BCUT2D eigenvalue weighted by Crippen LogP contribution is 2.39. The topological polar surface area (TPSA) is 100 Å². The van der Waals surface area contributed by atoms with Crippen LogP contribution in [0.1, 0.15) is 106 Å². The molecule has 0 bridgehead atoms. The maximum Gasteiger partial charge on any atom is 0.154 e. The fourth-order valence-electron chi connectivity index (χ4n) is 6.13. The minimum Gasteiger partial charge on any atom is -0.392 e. The third-order valence-corrected chi connectivity index (χ3v) is 9.33. The van der Waals surface area contributed by atoms with Crippen molar-refractivity contribution < 1.29 is 29.5 Å². The van der Waals surface area contributed by atoms with Crippen molar-refractivity contribution in [1.82, 2.24) is 5.32 Å². The van der Waals surface area contributed by atoms with Crippen LogP contribution >= 0.6 is 0 Å². The molecule has 7 heteroatoms. The molecule has 0 aromatic rings. The van der Waals surface area contributed by atoms with Crippen LogP contribution < -0.4 is 5.32 Å². The van der Waals surface area contributed by atoms with Gasteiger partial charge in [-0.1, -0.05) is 45.9 Å². The SMILES string of the molecule is C=C1CC(C(O)/C(=C\CC)NC(C2CC2)C(CCC(C)(C)C(O)CC2CCCC(O)O2)OCC)OC(C)C1C. The van der Waals surface area contributed by atoms with E-state index < -0.39 is 18.5 Å². The number of rotatable bonds is 15. The van der Waals surface area contributed by atoms with Gasteiger partial charge in [-0.3, -0.25) is 0 Å². The molecular weight excluding hydrogens is 494 g/mol. The highest BCUT2D eigenvalue weighted by molar-refractivity contribution is 5.16. The Labute approximate surface area is 237 Å². The van der Waals surface area contributed by atoms with Crippen molar-refractivity contribution in [2.45, 2.75) is 155 Å². The van der Waals surface area contributed by atoms with Crippen LogP contribution in [0.2, 0.25) is 0 Å². The Morgan fingerprint density at radius 2 is 1.87 bits per heavy atom. The van der Waals surface area contributed by atoms with Crippen LogP contribution in [0.4, 0.5) is 0 Å². The van der Waals surface area contributed by atoms with E-state index >= 15 is 0 Å². The number of ether oxygens (including phenoxy) is 3. The number of aliphatic hydroxyl groups excluding tert-OH is 3. The minimum atomic E-state index is -0.746. The van der Waals surface area contributed by atoms with Crippen molar-refractivity contribution >= 4 is 0 Å². The van der Waals surface area contributed by atoms with Gasteiger partial charge in [0.25, 0.3) is 0 Å². The van der Waals surface area contributed by atoms with Crippen LogP contribution in [0.3, 0.4) is 0 Å². The third kappa shape index (κ3) is 9.27. The number of aliphatic hydroxyl groups is 3. The Kier molecular flexibility index (Phi) is 12.3. The summed E-state index contributed by atoms with van der Waals surface area (Å²) in [5, 5.41) is 36.2. The van der Waals surface area contributed by atoms with Gasteiger partial charge in [0.05, 0.1) is 36.6 Å². The van der Waals surface area contributed by atoms with Crippen LogP contribution in [0.5, 0.6) is 0 Å². The summed E-state index contributed by atoms with van der Waals surface area (Å²) in [4.78, 5) is 0. The maximum atomic E-state index is 11.5. The van der Waals surface area contributed by atoms with E-state index in [2.05, 4.69) is 52.6 Å². The zero-order valence-electron chi connectivity index (χ0n) is 25.4. The summed E-state index contributed by atoms with van der Waals surface area (Å²) in [5.74, 6) is 0.787. The van der Waals surface area contributed by atoms with Gasteiger partial charge in [0.15, 0.2) is 6.29 Å². The van der Waals surface area contributed by atoms with Crippen molar-refractivity contribution in [3.05, 3.63) is 23.9 Å². The predicted octanol–water partition coefficient (Wildman–Crippen LogP) is 5.23. The van der Waals surface area contributed by atoms with E-state index in [9.17, 15) is 15.3 Å². The molecule has 226 valence electrons. The summed E-state index contributed by atoms with van der Waals surface area (Å²) < 4.78 is 18.2. The average molecular weight is 552 g/mol. The van der Waals surface area contributed by atoms with E-state index in [-0.39, 0.29) is 41.8 Å². The Bertz CT molecular complexity index is 796. The van der Waals surface area contributed by atoms with Gasteiger partial charge in [0, 0.05) is 24.6 Å². The maximum absolute atomic E-state index is 11.5. The van der Waals surface area contributed by atoms with E-state index in [1.807, 2.05) is 6.92 Å². The molecule has 9 unspecified atom stereocenters. The fraction of sp³-hybridized carbons (Fsp3) is 0.875. The minimum absolute atomic E-state index is 0.0279. The van der Waals surface area contributed by atoms with Crippen molar-refractivity contribution in [3.8, 4) is 0 Å². The van der Waals surface area contributed by atoms with E-state index in [0.29, 0.717) is 31.8 Å². The van der Waals surface area contributed by atoms with E-state index in [0.717, 1.165) is 56.2 Å². The monoisotopic (exact) mass is 551 g/mol. The molecule has 0 aromatic heterocycles. The first-order chi connectivity index (χ1) is 18.5. The summed E-state index contributed by atoms with van der Waals surface area (Å²) in [6, 6.07) is 0.0882. The highest BCUT2D eigenvalue weighted by atomic mass is 16.6. The van der Waals surface area contributed by atoms with Crippen molar-refractivity contribution in [1.29, 1.82) is 0 Å². The second kappa shape index (κ2) is 14.8. The molecule has 3 aliphatic rings. The van der Waals surface area contributed by atoms with Crippen LogP contribution in [-0.2, 0) is 14.2 Å². The molecule has 0 spiro atoms. The Hall–Kier alpha value is -0.960. The van der Waals surface area contributed by atoms with E-state index in [1.54, 1.807) is 0 Å². The molecule has 0 aromatic carbocycles. The zero-order chi connectivity index (χ0) is 28.7. The lowest BCUT2D eigenvalue weighted by Crippen LogP contribution is -2.49. The molecule has 3 fully saturated rings. The van der Waals surface area contributed by atoms with Gasteiger partial charge < -0.3 is 34.8 Å². The molecule has 9 atom stereocenters. The molecule has 39 heavy (non-hydrogen) atoms. The number of nitrogens with one attached hydrogen (secondary N) is 1. The first-order valence-electron chi connectivity index (χ1n) is 15.6. The van der Waals surface area contributed by atoms with Gasteiger partial charge in [0.2, 0.25) is 0 Å². The fourth-order valence-corrected chi connectivity index (χ4v) is 6.13. The predicted molar refractivity (Wildman–Crippen MR) is 155 cm³/mol. The van der Waals surface area contributed by atoms with E-state index in [4.69, 9.17) is 14.2 Å². The average Bonchev–Trinajstić information content (AvgIpc) is 3.72. The number of hydrogen-bond donors (Lipinski definition) is 4. The molecule has 4 N–H and O–H groups in total. The summed E-state index contributed by atoms with van der Waals surface area (Å²) in [5.41, 5.74) is 1.64. The molecular formula is C32H57NO6. The van der Waals surface area contributed by atoms with Gasteiger partial charge in [-0.25, -0.2) is 0 Å². The first kappa shape index (κ1) is 32.6. The van der Waals surface area contributed by atoms with Crippen LogP contribution in [-0.4, -0.2) is 70.9 Å². The number of allylic oxidation sites excluding steroid dienone is 1. The van der Waals surface area contributed by atoms with Gasteiger partial charge in [-0.05, 0) is 83.0 Å². The van der Waals surface area contributed by atoms with Gasteiger partial charge in [0.1, 0.15) is 6.10 Å². The lowest BCUT2D eigenvalue weighted by atomic mass is 9.77. The normalized spacial score (nSPS) is 32.0. The highest BCUT2D eigenvalue weighted by Gasteiger charge is 2.41. The lowest BCUT2D eigenvalue weighted by molar-refractivity contribution is -0.174. The number of hydrogen-bond acceptors (Lipinski definition) is 7. The van der Waals surface area contributed by atoms with Gasteiger partial charge >= 0.3 is 0 Å². The summed E-state index contributed by atoms with van der Waals surface area (Å²) >= 11 is 0.